The lowest BCUT2D eigenvalue weighted by Crippen LogP contribution is -2.42. The summed E-state index contributed by atoms with van der Waals surface area (Å²) in [7, 11) is 1.77. The molecule has 0 bridgehead atoms. The Balaban J connectivity index is 0.00000288. The van der Waals surface area contributed by atoms with Crippen molar-refractivity contribution in [2.75, 3.05) is 33.2 Å². The maximum atomic E-state index is 13.2. The summed E-state index contributed by atoms with van der Waals surface area (Å²) in [5.74, 6) is 1.28. The van der Waals surface area contributed by atoms with Crippen molar-refractivity contribution in [3.63, 3.8) is 0 Å². The van der Waals surface area contributed by atoms with Crippen LogP contribution in [0.3, 0.4) is 0 Å². The highest BCUT2D eigenvalue weighted by Gasteiger charge is 2.18. The fourth-order valence-electron chi connectivity index (χ4n) is 3.02. The molecule has 1 heterocycles. The van der Waals surface area contributed by atoms with Gasteiger partial charge in [0, 0.05) is 20.1 Å². The largest absolute Gasteiger partial charge is 0.356 e. The smallest absolute Gasteiger partial charge is 0.191 e. The van der Waals surface area contributed by atoms with Gasteiger partial charge in [-0.15, -0.1) is 24.0 Å². The summed E-state index contributed by atoms with van der Waals surface area (Å²) in [5.41, 5.74) is 0.917. The molecule has 1 saturated heterocycles. The van der Waals surface area contributed by atoms with Gasteiger partial charge < -0.3 is 15.5 Å². The minimum atomic E-state index is -0.203. The Hall–Kier alpha value is -0.890. The number of halogens is 2. The van der Waals surface area contributed by atoms with E-state index in [1.807, 2.05) is 6.07 Å². The van der Waals surface area contributed by atoms with E-state index in [9.17, 15) is 4.39 Å². The first-order chi connectivity index (χ1) is 11.2. The molecule has 0 aromatic heterocycles. The molecule has 6 heteroatoms. The number of benzene rings is 1. The van der Waals surface area contributed by atoms with Crippen LogP contribution in [-0.2, 0) is 6.54 Å². The van der Waals surface area contributed by atoms with Crippen molar-refractivity contribution >= 4 is 29.9 Å². The molecule has 0 radical (unpaired) electrons. The normalized spacial score (nSPS) is 16.5. The first-order valence-electron chi connectivity index (χ1n) is 8.62. The fourth-order valence-corrected chi connectivity index (χ4v) is 3.02. The molecule has 0 atom stereocenters. The van der Waals surface area contributed by atoms with Crippen molar-refractivity contribution in [2.45, 2.75) is 32.7 Å². The molecule has 0 spiro atoms. The first kappa shape index (κ1) is 21.2. The van der Waals surface area contributed by atoms with Gasteiger partial charge >= 0.3 is 0 Å². The third kappa shape index (κ3) is 7.34. The van der Waals surface area contributed by atoms with Crippen molar-refractivity contribution in [1.82, 2.24) is 15.5 Å². The van der Waals surface area contributed by atoms with E-state index in [1.54, 1.807) is 19.2 Å². The van der Waals surface area contributed by atoms with E-state index >= 15 is 0 Å². The number of hydrogen-bond donors (Lipinski definition) is 2. The van der Waals surface area contributed by atoms with E-state index in [0.29, 0.717) is 12.5 Å². The average molecular weight is 448 g/mol. The third-order valence-electron chi connectivity index (χ3n) is 4.38. The van der Waals surface area contributed by atoms with Gasteiger partial charge in [0.1, 0.15) is 5.82 Å². The molecule has 0 amide bonds. The van der Waals surface area contributed by atoms with Gasteiger partial charge in [0.2, 0.25) is 0 Å². The maximum Gasteiger partial charge on any atom is 0.191 e. The average Bonchev–Trinajstić information content (AvgIpc) is 2.57. The van der Waals surface area contributed by atoms with E-state index in [4.69, 9.17) is 0 Å². The Labute approximate surface area is 162 Å². The van der Waals surface area contributed by atoms with E-state index in [1.165, 1.54) is 45.0 Å². The lowest BCUT2D eigenvalue weighted by Gasteiger charge is -2.32. The molecule has 24 heavy (non-hydrogen) atoms. The van der Waals surface area contributed by atoms with Crippen molar-refractivity contribution in [2.24, 2.45) is 10.9 Å². The highest BCUT2D eigenvalue weighted by atomic mass is 127. The molecule has 0 saturated carbocycles. The van der Waals surface area contributed by atoms with Crippen LogP contribution in [0.5, 0.6) is 0 Å². The SMILES string of the molecule is CCCN1CCC(CNC(=NC)NCc2cccc(F)c2)CC1.I. The predicted molar refractivity (Wildman–Crippen MR) is 109 cm³/mol. The molecule has 4 nitrogen and oxygen atoms in total. The zero-order valence-corrected chi connectivity index (χ0v) is 17.1. The Morgan fingerprint density at radius 1 is 1.29 bits per heavy atom. The molecule has 1 aromatic rings. The van der Waals surface area contributed by atoms with Gasteiger partial charge in [0.25, 0.3) is 0 Å². The molecule has 136 valence electrons. The van der Waals surface area contributed by atoms with Crippen LogP contribution in [0.15, 0.2) is 29.3 Å². The topological polar surface area (TPSA) is 39.7 Å². The summed E-state index contributed by atoms with van der Waals surface area (Å²) >= 11 is 0. The van der Waals surface area contributed by atoms with E-state index < -0.39 is 0 Å². The number of aliphatic imine (C=N–C) groups is 1. The second kappa shape index (κ2) is 11.6. The quantitative estimate of drug-likeness (QED) is 0.399. The summed E-state index contributed by atoms with van der Waals surface area (Å²) < 4.78 is 13.2. The van der Waals surface area contributed by atoms with Crippen LogP contribution in [0.2, 0.25) is 0 Å². The van der Waals surface area contributed by atoms with Crippen LogP contribution in [0.25, 0.3) is 0 Å². The minimum Gasteiger partial charge on any atom is -0.356 e. The molecular weight excluding hydrogens is 418 g/mol. The highest BCUT2D eigenvalue weighted by Crippen LogP contribution is 2.16. The Kier molecular flexibility index (Phi) is 10.2. The molecule has 1 aromatic carbocycles. The van der Waals surface area contributed by atoms with Crippen molar-refractivity contribution in [3.8, 4) is 0 Å². The van der Waals surface area contributed by atoms with E-state index in [-0.39, 0.29) is 29.8 Å². The highest BCUT2D eigenvalue weighted by molar-refractivity contribution is 14.0. The summed E-state index contributed by atoms with van der Waals surface area (Å²) in [6, 6.07) is 6.64. The van der Waals surface area contributed by atoms with Gasteiger partial charge in [-0.05, 0) is 62.5 Å². The zero-order valence-electron chi connectivity index (χ0n) is 14.7. The Morgan fingerprint density at radius 2 is 2.04 bits per heavy atom. The first-order valence-corrected chi connectivity index (χ1v) is 8.62. The summed E-state index contributed by atoms with van der Waals surface area (Å²) in [4.78, 5) is 6.79. The second-order valence-electron chi connectivity index (χ2n) is 6.22. The number of rotatable bonds is 6. The van der Waals surface area contributed by atoms with Crippen LogP contribution < -0.4 is 10.6 Å². The number of likely N-dealkylation sites (tertiary alicyclic amines) is 1. The fraction of sp³-hybridized carbons (Fsp3) is 0.611. The number of hydrogen-bond acceptors (Lipinski definition) is 2. The van der Waals surface area contributed by atoms with E-state index in [0.717, 1.165) is 18.1 Å². The lowest BCUT2D eigenvalue weighted by molar-refractivity contribution is 0.185. The number of piperidine rings is 1. The molecule has 2 rings (SSSR count). The van der Waals surface area contributed by atoms with Crippen LogP contribution in [0.4, 0.5) is 4.39 Å². The molecule has 1 fully saturated rings. The number of guanidine groups is 1. The maximum absolute atomic E-state index is 13.2. The predicted octanol–water partition coefficient (Wildman–Crippen LogP) is 3.23. The van der Waals surface area contributed by atoms with Crippen molar-refractivity contribution < 1.29 is 4.39 Å². The summed E-state index contributed by atoms with van der Waals surface area (Å²) in [5, 5.41) is 6.64. The molecule has 1 aliphatic rings. The molecule has 0 aliphatic carbocycles. The van der Waals surface area contributed by atoms with Crippen LogP contribution in [0, 0.1) is 11.7 Å². The van der Waals surface area contributed by atoms with Gasteiger partial charge in [-0.25, -0.2) is 4.39 Å². The molecule has 2 N–H and O–H groups in total. The Bertz CT molecular complexity index is 502. The van der Waals surface area contributed by atoms with Gasteiger partial charge in [-0.1, -0.05) is 19.1 Å². The van der Waals surface area contributed by atoms with E-state index in [2.05, 4.69) is 27.4 Å². The summed E-state index contributed by atoms with van der Waals surface area (Å²) in [6.45, 7) is 7.39. The number of nitrogens with zero attached hydrogens (tertiary/aromatic N) is 2. The zero-order chi connectivity index (χ0) is 16.5. The third-order valence-corrected chi connectivity index (χ3v) is 4.38. The van der Waals surface area contributed by atoms with Crippen LogP contribution in [-0.4, -0.2) is 44.1 Å². The monoisotopic (exact) mass is 448 g/mol. The van der Waals surface area contributed by atoms with Gasteiger partial charge in [-0.2, -0.15) is 0 Å². The van der Waals surface area contributed by atoms with Crippen molar-refractivity contribution in [1.29, 1.82) is 0 Å². The molecular formula is C18H30FIN4. The van der Waals surface area contributed by atoms with Gasteiger partial charge in [0.15, 0.2) is 5.96 Å². The van der Waals surface area contributed by atoms with Crippen LogP contribution in [0.1, 0.15) is 31.7 Å². The standard InChI is InChI=1S/C18H29FN4.HI/c1-3-9-23-10-7-15(8-11-23)13-21-18(20-2)22-14-16-5-4-6-17(19)12-16;/h4-6,12,15H,3,7-11,13-14H2,1-2H3,(H2,20,21,22);1H. The lowest BCUT2D eigenvalue weighted by atomic mass is 9.97. The second-order valence-corrected chi connectivity index (χ2v) is 6.22. The summed E-state index contributed by atoms with van der Waals surface area (Å²) in [6.07, 6.45) is 3.72. The minimum absolute atomic E-state index is 0. The Morgan fingerprint density at radius 3 is 2.67 bits per heavy atom. The van der Waals surface area contributed by atoms with Crippen LogP contribution >= 0.6 is 24.0 Å². The van der Waals surface area contributed by atoms with Gasteiger partial charge in [-0.3, -0.25) is 4.99 Å². The van der Waals surface area contributed by atoms with Crippen molar-refractivity contribution in [3.05, 3.63) is 35.6 Å². The number of nitrogens with one attached hydrogen (secondary N) is 2. The van der Waals surface area contributed by atoms with Gasteiger partial charge in [0.05, 0.1) is 0 Å². The molecule has 1 aliphatic heterocycles. The molecule has 0 unspecified atom stereocenters.